The largest absolute Gasteiger partial charge is 0.489 e. The fraction of sp³-hybridized carbons (Fsp3) is 0.600. The summed E-state index contributed by atoms with van der Waals surface area (Å²) in [6.07, 6.45) is 5.21. The molecule has 1 saturated carbocycles. The molecule has 0 heterocycles. The van der Waals surface area contributed by atoms with Gasteiger partial charge in [-0.3, -0.25) is 0 Å². The lowest BCUT2D eigenvalue weighted by atomic mass is 10.2. The second kappa shape index (κ2) is 6.64. The van der Waals surface area contributed by atoms with Crippen LogP contribution in [-0.4, -0.2) is 26.4 Å². The van der Waals surface area contributed by atoms with Crippen LogP contribution in [-0.2, 0) is 4.74 Å². The molecule has 1 aromatic carbocycles. The molecule has 0 bridgehead atoms. The third kappa shape index (κ3) is 3.64. The minimum Gasteiger partial charge on any atom is -0.489 e. The molecule has 3 nitrogen and oxygen atoms in total. The zero-order chi connectivity index (χ0) is 12.8. The van der Waals surface area contributed by atoms with Gasteiger partial charge < -0.3 is 14.8 Å². The van der Waals surface area contributed by atoms with E-state index in [1.807, 2.05) is 0 Å². The summed E-state index contributed by atoms with van der Waals surface area (Å²) in [6, 6.07) is 6.95. The molecule has 0 aromatic heterocycles. The number of aryl methyl sites for hydroxylation is 1. The van der Waals surface area contributed by atoms with Crippen LogP contribution in [0.15, 0.2) is 18.2 Å². The van der Waals surface area contributed by atoms with Gasteiger partial charge in [0, 0.05) is 13.2 Å². The lowest BCUT2D eigenvalue weighted by Crippen LogP contribution is -2.16. The number of hydrogen-bond acceptors (Lipinski definition) is 3. The van der Waals surface area contributed by atoms with Crippen molar-refractivity contribution in [2.75, 3.05) is 25.6 Å². The molecule has 1 N–H and O–H groups in total. The van der Waals surface area contributed by atoms with E-state index in [9.17, 15) is 0 Å². The fourth-order valence-electron chi connectivity index (χ4n) is 2.39. The van der Waals surface area contributed by atoms with E-state index >= 15 is 0 Å². The molecule has 1 aliphatic carbocycles. The smallest absolute Gasteiger partial charge is 0.142 e. The van der Waals surface area contributed by atoms with Crippen LogP contribution >= 0.6 is 0 Å². The van der Waals surface area contributed by atoms with Crippen LogP contribution in [0.4, 0.5) is 5.69 Å². The Morgan fingerprint density at radius 2 is 2.00 bits per heavy atom. The second-order valence-corrected chi connectivity index (χ2v) is 4.97. The summed E-state index contributed by atoms with van der Waals surface area (Å²) in [6.45, 7) is 3.30. The number of rotatable bonds is 6. The molecule has 0 unspecified atom stereocenters. The summed E-state index contributed by atoms with van der Waals surface area (Å²) in [4.78, 5) is 0. The average Bonchev–Trinajstić information content (AvgIpc) is 2.86. The Labute approximate surface area is 109 Å². The quantitative estimate of drug-likeness (QED) is 0.784. The maximum atomic E-state index is 5.78. The monoisotopic (exact) mass is 249 g/mol. The standard InChI is InChI=1S/C15H23NO2/c1-12-7-8-14(16-13-5-3-4-6-13)15(11-12)18-10-9-17-2/h7-8,11,13,16H,3-6,9-10H2,1-2H3. The maximum Gasteiger partial charge on any atom is 0.142 e. The van der Waals surface area contributed by atoms with Gasteiger partial charge in [-0.2, -0.15) is 0 Å². The van der Waals surface area contributed by atoms with Crippen LogP contribution < -0.4 is 10.1 Å². The molecule has 0 spiro atoms. The van der Waals surface area contributed by atoms with Crippen molar-refractivity contribution in [1.82, 2.24) is 0 Å². The molecule has 0 aliphatic heterocycles. The van der Waals surface area contributed by atoms with E-state index in [4.69, 9.17) is 9.47 Å². The number of hydrogen-bond donors (Lipinski definition) is 1. The first-order valence-electron chi connectivity index (χ1n) is 6.78. The summed E-state index contributed by atoms with van der Waals surface area (Å²) in [5.41, 5.74) is 2.34. The van der Waals surface area contributed by atoms with Gasteiger partial charge in [0.2, 0.25) is 0 Å². The van der Waals surface area contributed by atoms with E-state index in [1.165, 1.54) is 31.2 Å². The maximum absolute atomic E-state index is 5.78. The number of benzene rings is 1. The first-order chi connectivity index (χ1) is 8.79. The van der Waals surface area contributed by atoms with Crippen LogP contribution in [0, 0.1) is 6.92 Å². The predicted octanol–water partition coefficient (Wildman–Crippen LogP) is 3.37. The molecule has 1 fully saturated rings. The molecular weight excluding hydrogens is 226 g/mol. The van der Waals surface area contributed by atoms with Crippen LogP contribution in [0.5, 0.6) is 5.75 Å². The summed E-state index contributed by atoms with van der Waals surface area (Å²) in [5.74, 6) is 0.943. The first kappa shape index (κ1) is 13.2. The highest BCUT2D eigenvalue weighted by atomic mass is 16.5. The Bertz CT molecular complexity index is 373. The van der Waals surface area contributed by atoms with Crippen LogP contribution in [0.2, 0.25) is 0 Å². The lowest BCUT2D eigenvalue weighted by molar-refractivity contribution is 0.146. The first-order valence-corrected chi connectivity index (χ1v) is 6.78. The SMILES string of the molecule is COCCOc1cc(C)ccc1NC1CCCC1. The Morgan fingerprint density at radius 3 is 2.72 bits per heavy atom. The van der Waals surface area contributed by atoms with Crippen molar-refractivity contribution in [3.8, 4) is 5.75 Å². The van der Waals surface area contributed by atoms with Crippen molar-refractivity contribution in [2.24, 2.45) is 0 Å². The number of nitrogens with one attached hydrogen (secondary N) is 1. The molecule has 0 saturated heterocycles. The van der Waals surface area contributed by atoms with Gasteiger partial charge in [-0.1, -0.05) is 18.9 Å². The minimum atomic E-state index is 0.597. The zero-order valence-electron chi connectivity index (χ0n) is 11.4. The van der Waals surface area contributed by atoms with Crippen molar-refractivity contribution in [2.45, 2.75) is 38.6 Å². The molecule has 18 heavy (non-hydrogen) atoms. The zero-order valence-corrected chi connectivity index (χ0v) is 11.4. The van der Waals surface area contributed by atoms with Crippen LogP contribution in [0.25, 0.3) is 0 Å². The molecule has 3 heteroatoms. The Morgan fingerprint density at radius 1 is 1.22 bits per heavy atom. The molecule has 1 aliphatic rings. The summed E-state index contributed by atoms with van der Waals surface area (Å²) >= 11 is 0. The second-order valence-electron chi connectivity index (χ2n) is 4.97. The van der Waals surface area contributed by atoms with Crippen molar-refractivity contribution >= 4 is 5.69 Å². The molecule has 1 aromatic rings. The van der Waals surface area contributed by atoms with E-state index in [1.54, 1.807) is 7.11 Å². The van der Waals surface area contributed by atoms with Crippen molar-refractivity contribution in [1.29, 1.82) is 0 Å². The van der Waals surface area contributed by atoms with Crippen molar-refractivity contribution in [3.05, 3.63) is 23.8 Å². The van der Waals surface area contributed by atoms with Gasteiger partial charge in [-0.05, 0) is 37.5 Å². The number of methoxy groups -OCH3 is 1. The van der Waals surface area contributed by atoms with Crippen molar-refractivity contribution < 1.29 is 9.47 Å². The van der Waals surface area contributed by atoms with Gasteiger partial charge in [-0.25, -0.2) is 0 Å². The van der Waals surface area contributed by atoms with E-state index in [2.05, 4.69) is 30.4 Å². The third-order valence-electron chi connectivity index (χ3n) is 3.40. The highest BCUT2D eigenvalue weighted by molar-refractivity contribution is 5.58. The Balaban J connectivity index is 2.02. The van der Waals surface area contributed by atoms with E-state index in [0.29, 0.717) is 19.3 Å². The van der Waals surface area contributed by atoms with Crippen LogP contribution in [0.3, 0.4) is 0 Å². The van der Waals surface area contributed by atoms with Crippen molar-refractivity contribution in [3.63, 3.8) is 0 Å². The summed E-state index contributed by atoms with van der Waals surface area (Å²) in [7, 11) is 1.69. The molecule has 100 valence electrons. The molecular formula is C15H23NO2. The minimum absolute atomic E-state index is 0.597. The topological polar surface area (TPSA) is 30.5 Å². The molecule has 0 atom stereocenters. The van der Waals surface area contributed by atoms with Gasteiger partial charge in [0.05, 0.1) is 12.3 Å². The third-order valence-corrected chi connectivity index (χ3v) is 3.40. The fourth-order valence-corrected chi connectivity index (χ4v) is 2.39. The van der Waals surface area contributed by atoms with Crippen LogP contribution in [0.1, 0.15) is 31.2 Å². The summed E-state index contributed by atoms with van der Waals surface area (Å²) in [5, 5.41) is 3.60. The Hall–Kier alpha value is -1.22. The van der Waals surface area contributed by atoms with Gasteiger partial charge >= 0.3 is 0 Å². The number of ether oxygens (including phenoxy) is 2. The molecule has 0 radical (unpaired) electrons. The average molecular weight is 249 g/mol. The number of anilines is 1. The van der Waals surface area contributed by atoms with Gasteiger partial charge in [-0.15, -0.1) is 0 Å². The Kier molecular flexibility index (Phi) is 4.88. The molecule has 2 rings (SSSR count). The highest BCUT2D eigenvalue weighted by Crippen LogP contribution is 2.29. The molecule has 0 amide bonds. The van der Waals surface area contributed by atoms with E-state index < -0.39 is 0 Å². The van der Waals surface area contributed by atoms with E-state index in [0.717, 1.165) is 11.4 Å². The summed E-state index contributed by atoms with van der Waals surface area (Å²) < 4.78 is 10.8. The van der Waals surface area contributed by atoms with E-state index in [-0.39, 0.29) is 0 Å². The highest BCUT2D eigenvalue weighted by Gasteiger charge is 2.16. The van der Waals surface area contributed by atoms with Gasteiger partial charge in [0.1, 0.15) is 12.4 Å². The normalized spacial score (nSPS) is 15.9. The predicted molar refractivity (Wildman–Crippen MR) is 74.4 cm³/mol. The lowest BCUT2D eigenvalue weighted by Gasteiger charge is -2.18. The van der Waals surface area contributed by atoms with Gasteiger partial charge in [0.15, 0.2) is 0 Å². The van der Waals surface area contributed by atoms with Gasteiger partial charge in [0.25, 0.3) is 0 Å².